The van der Waals surface area contributed by atoms with Gasteiger partial charge in [0.2, 0.25) is 7.37 Å². The summed E-state index contributed by atoms with van der Waals surface area (Å²) in [6, 6.07) is 15.9. The molecule has 1 aromatic heterocycles. The minimum Gasteiger partial charge on any atom is -0.397 e. The largest absolute Gasteiger partial charge is 0.397 e. The van der Waals surface area contributed by atoms with Gasteiger partial charge in [-0.25, -0.2) is 0 Å². The van der Waals surface area contributed by atoms with Gasteiger partial charge in [-0.15, -0.1) is 11.3 Å². The predicted octanol–water partition coefficient (Wildman–Crippen LogP) is 4.95. The lowest BCUT2D eigenvalue weighted by Gasteiger charge is -2.27. The number of hydrogen-bond donors (Lipinski definition) is 3. The highest BCUT2D eigenvalue weighted by atomic mass is 32.1. The molecule has 0 saturated heterocycles. The quantitative estimate of drug-likeness (QED) is 0.384. The van der Waals surface area contributed by atoms with Crippen LogP contribution in [0.4, 0.5) is 11.4 Å². The fraction of sp³-hybridized carbons (Fsp3) is 0.227. The Kier molecular flexibility index (Phi) is 5.59. The number of nitrogens with one attached hydrogen (secondary N) is 1. The predicted molar refractivity (Wildman–Crippen MR) is 120 cm³/mol. The molecule has 0 bridgehead atoms. The van der Waals surface area contributed by atoms with Crippen LogP contribution in [0.3, 0.4) is 0 Å². The summed E-state index contributed by atoms with van der Waals surface area (Å²) >= 11 is 1.62. The van der Waals surface area contributed by atoms with Gasteiger partial charge in [-0.05, 0) is 72.2 Å². The first-order chi connectivity index (χ1) is 13.9. The molecular formula is C22H23N2O3PS. The number of rotatable bonds is 6. The molecule has 0 aliphatic heterocycles. The van der Waals surface area contributed by atoms with E-state index < -0.39 is 7.37 Å². The van der Waals surface area contributed by atoms with E-state index in [1.54, 1.807) is 41.7 Å². The van der Waals surface area contributed by atoms with Gasteiger partial charge in [0.15, 0.2) is 0 Å². The number of nitrogens with two attached hydrogens (primary N) is 1. The molecular weight excluding hydrogens is 403 g/mol. The van der Waals surface area contributed by atoms with Crippen LogP contribution in [0.15, 0.2) is 60.0 Å². The van der Waals surface area contributed by atoms with Gasteiger partial charge >= 0.3 is 0 Å². The number of amides is 1. The average Bonchev–Trinajstić information content (AvgIpc) is 3.21. The summed E-state index contributed by atoms with van der Waals surface area (Å²) in [5, 5.41) is 5.25. The molecule has 1 aliphatic carbocycles. The van der Waals surface area contributed by atoms with Gasteiger partial charge < -0.3 is 15.9 Å². The van der Waals surface area contributed by atoms with Crippen molar-refractivity contribution < 1.29 is 14.3 Å². The molecule has 1 atom stereocenters. The summed E-state index contributed by atoms with van der Waals surface area (Å²) in [6.07, 6.45) is 3.51. The Morgan fingerprint density at radius 1 is 1.17 bits per heavy atom. The molecule has 0 radical (unpaired) electrons. The highest BCUT2D eigenvalue weighted by molar-refractivity contribution is 7.66. The molecule has 150 valence electrons. The molecule has 1 aliphatic rings. The van der Waals surface area contributed by atoms with E-state index in [1.165, 1.54) is 0 Å². The van der Waals surface area contributed by atoms with Crippen LogP contribution in [0.2, 0.25) is 0 Å². The number of thiophene rings is 1. The van der Waals surface area contributed by atoms with Crippen LogP contribution in [0, 0.1) is 5.92 Å². The van der Waals surface area contributed by atoms with Crippen LogP contribution in [0.25, 0.3) is 10.4 Å². The first-order valence-corrected chi connectivity index (χ1v) is 12.3. The number of anilines is 2. The number of carbonyl (C=O) groups is 1. The lowest BCUT2D eigenvalue weighted by atomic mass is 9.87. The number of hydrogen-bond acceptors (Lipinski definition) is 4. The molecule has 1 unspecified atom stereocenters. The van der Waals surface area contributed by atoms with Gasteiger partial charge in [-0.3, -0.25) is 9.36 Å². The maximum absolute atomic E-state index is 12.7. The third-order valence-corrected chi connectivity index (χ3v) is 8.41. The molecule has 0 spiro atoms. The summed E-state index contributed by atoms with van der Waals surface area (Å²) in [4.78, 5) is 24.1. The molecule has 1 saturated carbocycles. The van der Waals surface area contributed by atoms with E-state index in [4.69, 9.17) is 5.73 Å². The molecule has 1 amide bonds. The molecule has 1 fully saturated rings. The number of carbonyl (C=O) groups excluding carboxylic acids is 1. The maximum Gasteiger partial charge on any atom is 0.255 e. The van der Waals surface area contributed by atoms with Crippen molar-refractivity contribution in [2.45, 2.75) is 19.3 Å². The summed E-state index contributed by atoms with van der Waals surface area (Å²) in [5.74, 6) is 0.0331. The number of nitrogen functional groups attached to an aromatic ring is 1. The van der Waals surface area contributed by atoms with Crippen LogP contribution in [-0.2, 0) is 4.57 Å². The maximum atomic E-state index is 12.7. The van der Waals surface area contributed by atoms with Crippen LogP contribution >= 0.6 is 18.7 Å². The van der Waals surface area contributed by atoms with Gasteiger partial charge in [0, 0.05) is 21.9 Å². The topological polar surface area (TPSA) is 92.4 Å². The summed E-state index contributed by atoms with van der Waals surface area (Å²) in [7, 11) is -3.38. The van der Waals surface area contributed by atoms with E-state index in [0.717, 1.165) is 29.7 Å². The Hall–Kier alpha value is -2.40. The summed E-state index contributed by atoms with van der Waals surface area (Å²) < 4.78 is 12.6. The Bertz CT molecular complexity index is 1060. The average molecular weight is 426 g/mol. The Labute approximate surface area is 174 Å². The van der Waals surface area contributed by atoms with E-state index in [1.807, 2.05) is 29.6 Å². The van der Waals surface area contributed by atoms with Crippen molar-refractivity contribution in [2.75, 3.05) is 17.2 Å². The monoisotopic (exact) mass is 426 g/mol. The Morgan fingerprint density at radius 2 is 1.93 bits per heavy atom. The first-order valence-electron chi connectivity index (χ1n) is 9.59. The van der Waals surface area contributed by atoms with E-state index in [0.29, 0.717) is 34.3 Å². The zero-order valence-corrected chi connectivity index (χ0v) is 17.6. The molecule has 1 heterocycles. The van der Waals surface area contributed by atoms with Gasteiger partial charge in [0.05, 0.1) is 11.4 Å². The van der Waals surface area contributed by atoms with Crippen LogP contribution < -0.4 is 16.4 Å². The van der Waals surface area contributed by atoms with Gasteiger partial charge in [0.1, 0.15) is 0 Å². The second-order valence-corrected chi connectivity index (χ2v) is 10.7. The lowest BCUT2D eigenvalue weighted by molar-refractivity contribution is 0.102. The molecule has 2 aromatic carbocycles. The number of benzene rings is 2. The molecule has 29 heavy (non-hydrogen) atoms. The second-order valence-electron chi connectivity index (χ2n) is 7.46. The van der Waals surface area contributed by atoms with Crippen molar-refractivity contribution in [3.05, 3.63) is 65.5 Å². The molecule has 3 aromatic rings. The molecule has 4 rings (SSSR count). The van der Waals surface area contributed by atoms with Crippen molar-refractivity contribution in [1.29, 1.82) is 0 Å². The zero-order valence-electron chi connectivity index (χ0n) is 15.9. The summed E-state index contributed by atoms with van der Waals surface area (Å²) in [6.45, 7) is 0. The van der Waals surface area contributed by atoms with E-state index in [2.05, 4.69) is 5.32 Å². The van der Waals surface area contributed by atoms with Crippen molar-refractivity contribution in [3.63, 3.8) is 0 Å². The highest BCUT2D eigenvalue weighted by Gasteiger charge is 2.29. The minimum absolute atomic E-state index is 0.307. The molecule has 7 heteroatoms. The Morgan fingerprint density at radius 3 is 2.55 bits per heavy atom. The van der Waals surface area contributed by atoms with Crippen LogP contribution in [0.1, 0.15) is 29.6 Å². The van der Waals surface area contributed by atoms with Crippen molar-refractivity contribution in [3.8, 4) is 10.4 Å². The van der Waals surface area contributed by atoms with E-state index in [9.17, 15) is 14.3 Å². The smallest absolute Gasteiger partial charge is 0.255 e. The minimum atomic E-state index is -3.38. The van der Waals surface area contributed by atoms with Crippen molar-refractivity contribution in [2.24, 2.45) is 5.92 Å². The normalized spacial score (nSPS) is 16.0. The molecule has 5 nitrogen and oxygen atoms in total. The van der Waals surface area contributed by atoms with E-state index >= 15 is 0 Å². The van der Waals surface area contributed by atoms with Gasteiger partial charge in [-0.1, -0.05) is 18.6 Å². The highest BCUT2D eigenvalue weighted by Crippen LogP contribution is 2.46. The third kappa shape index (κ3) is 4.45. The van der Waals surface area contributed by atoms with Crippen molar-refractivity contribution in [1.82, 2.24) is 0 Å². The second kappa shape index (κ2) is 8.15. The third-order valence-electron chi connectivity index (χ3n) is 5.37. The first kappa shape index (κ1) is 19.9. The fourth-order valence-corrected chi connectivity index (χ4v) is 6.05. The van der Waals surface area contributed by atoms with Crippen LogP contribution in [0.5, 0.6) is 0 Å². The SMILES string of the molecule is Nc1ccc(-c2cccs2)cc1NC(=O)c1ccc(P(=O)(O)CC2CCC2)cc1. The van der Waals surface area contributed by atoms with Gasteiger partial charge in [0.25, 0.3) is 5.91 Å². The lowest BCUT2D eigenvalue weighted by Crippen LogP contribution is -2.20. The zero-order chi connectivity index (χ0) is 20.4. The molecule has 4 N–H and O–H groups in total. The van der Waals surface area contributed by atoms with Crippen molar-refractivity contribution >= 4 is 41.3 Å². The van der Waals surface area contributed by atoms with E-state index in [-0.39, 0.29) is 5.91 Å². The fourth-order valence-electron chi connectivity index (χ4n) is 3.43. The van der Waals surface area contributed by atoms with Gasteiger partial charge in [-0.2, -0.15) is 0 Å². The van der Waals surface area contributed by atoms with Crippen LogP contribution in [-0.4, -0.2) is 17.0 Å². The summed E-state index contributed by atoms with van der Waals surface area (Å²) in [5.41, 5.74) is 8.46. The Balaban J connectivity index is 1.49. The standard InChI is InChI=1S/C22H23N2O3PS/c23-19-11-8-17(21-5-2-12-29-21)13-20(19)24-22(25)16-6-9-18(10-7-16)28(26,27)14-15-3-1-4-15/h2,5-13,15H,1,3-4,14,23H2,(H,24,25)(H,26,27).